The van der Waals surface area contributed by atoms with E-state index in [1.807, 2.05) is 0 Å². The molecule has 0 aromatic rings. The zero-order valence-electron chi connectivity index (χ0n) is 26.6. The summed E-state index contributed by atoms with van der Waals surface area (Å²) >= 11 is 0. The smallest absolute Gasteiger partial charge is 0.00388 e. The maximum atomic E-state index is 6.37. The van der Waals surface area contributed by atoms with Crippen molar-refractivity contribution in [3.8, 4) is 0 Å². The highest BCUT2D eigenvalue weighted by Gasteiger charge is 2.02. The number of allylic oxidation sites excluding steroid dienone is 8. The maximum absolute atomic E-state index is 6.37. The van der Waals surface area contributed by atoms with Gasteiger partial charge < -0.3 is 5.73 Å². The third-order valence-electron chi connectivity index (χ3n) is 7.55. The molecule has 0 saturated carbocycles. The second-order valence-corrected chi connectivity index (χ2v) is 11.5. The van der Waals surface area contributed by atoms with Crippen LogP contribution in [0.25, 0.3) is 0 Å². The molecule has 0 unspecified atom stereocenters. The molecule has 39 heavy (non-hydrogen) atoms. The Labute approximate surface area is 253 Å². The SMILES string of the molecule is CCCCC/C=C\C/C=C\CCCCCCCCC(N)CCCCCCCC/C=C\C/C=C\CCCCC.Cl. The van der Waals surface area contributed by atoms with Crippen LogP contribution in [-0.4, -0.2) is 6.04 Å². The van der Waals surface area contributed by atoms with E-state index in [9.17, 15) is 0 Å². The van der Waals surface area contributed by atoms with Crippen LogP contribution >= 0.6 is 12.4 Å². The van der Waals surface area contributed by atoms with Gasteiger partial charge in [0.25, 0.3) is 0 Å². The van der Waals surface area contributed by atoms with E-state index < -0.39 is 0 Å². The minimum Gasteiger partial charge on any atom is -0.328 e. The van der Waals surface area contributed by atoms with Crippen molar-refractivity contribution < 1.29 is 0 Å². The minimum absolute atomic E-state index is 0. The van der Waals surface area contributed by atoms with Crippen LogP contribution in [0.3, 0.4) is 0 Å². The van der Waals surface area contributed by atoms with Crippen LogP contribution < -0.4 is 5.73 Å². The molecular formula is C37H70ClN. The van der Waals surface area contributed by atoms with Crippen molar-refractivity contribution in [2.45, 2.75) is 187 Å². The summed E-state index contributed by atoms with van der Waals surface area (Å²) in [6.07, 6.45) is 53.0. The summed E-state index contributed by atoms with van der Waals surface area (Å²) in [6.45, 7) is 4.53. The molecule has 0 aromatic carbocycles. The number of halogens is 1. The predicted molar refractivity (Wildman–Crippen MR) is 183 cm³/mol. The van der Waals surface area contributed by atoms with E-state index in [2.05, 4.69) is 62.5 Å². The van der Waals surface area contributed by atoms with Crippen LogP contribution in [0.1, 0.15) is 181 Å². The Morgan fingerprint density at radius 1 is 0.385 bits per heavy atom. The van der Waals surface area contributed by atoms with E-state index in [-0.39, 0.29) is 12.4 Å². The average molecular weight is 564 g/mol. The predicted octanol–water partition coefficient (Wildman–Crippen LogP) is 13.1. The number of hydrogen-bond donors (Lipinski definition) is 1. The van der Waals surface area contributed by atoms with Crippen LogP contribution in [-0.2, 0) is 0 Å². The lowest BCUT2D eigenvalue weighted by molar-refractivity contribution is 0.482. The zero-order valence-corrected chi connectivity index (χ0v) is 27.4. The molecule has 0 bridgehead atoms. The third-order valence-corrected chi connectivity index (χ3v) is 7.55. The molecule has 0 spiro atoms. The molecule has 0 radical (unpaired) electrons. The molecule has 0 fully saturated rings. The van der Waals surface area contributed by atoms with E-state index in [0.717, 1.165) is 12.8 Å². The summed E-state index contributed by atoms with van der Waals surface area (Å²) in [4.78, 5) is 0. The van der Waals surface area contributed by atoms with Gasteiger partial charge in [0.05, 0.1) is 0 Å². The molecule has 0 atom stereocenters. The Hall–Kier alpha value is -0.790. The molecule has 0 saturated heterocycles. The van der Waals surface area contributed by atoms with Gasteiger partial charge in [0.2, 0.25) is 0 Å². The lowest BCUT2D eigenvalue weighted by Gasteiger charge is -2.11. The molecule has 2 heteroatoms. The van der Waals surface area contributed by atoms with Crippen LogP contribution in [0.5, 0.6) is 0 Å². The zero-order chi connectivity index (χ0) is 27.6. The molecule has 0 aliphatic carbocycles. The monoisotopic (exact) mass is 564 g/mol. The van der Waals surface area contributed by atoms with Crippen molar-refractivity contribution in [2.75, 3.05) is 0 Å². The van der Waals surface area contributed by atoms with E-state index in [4.69, 9.17) is 5.73 Å². The molecule has 2 N–H and O–H groups in total. The first-order chi connectivity index (χ1) is 18.8. The fraction of sp³-hybridized carbons (Fsp3) is 0.784. The van der Waals surface area contributed by atoms with Gasteiger partial charge in [-0.25, -0.2) is 0 Å². The molecule has 0 aliphatic rings. The standard InChI is InChI=1S/C37H69N.ClH/c1-3-5-7-9-11-13-15-17-19-21-23-25-27-29-31-33-35-37(38)36-34-32-30-28-26-24-22-20-18-16-14-12-10-8-6-4-2;/h11-14,17-20,37H,3-10,15-16,21-36,38H2,1-2H3;1H/b13-11-,14-12-,19-17-,20-18-;. The van der Waals surface area contributed by atoms with Crippen LogP contribution in [0, 0.1) is 0 Å². The van der Waals surface area contributed by atoms with Crippen molar-refractivity contribution in [1.82, 2.24) is 0 Å². The Balaban J connectivity index is 0. The number of hydrogen-bond acceptors (Lipinski definition) is 1. The number of unbranched alkanes of at least 4 members (excludes halogenated alkanes) is 18. The first kappa shape index (κ1) is 40.3. The lowest BCUT2D eigenvalue weighted by atomic mass is 10.0. The van der Waals surface area contributed by atoms with Gasteiger partial charge in [-0.15, -0.1) is 12.4 Å². The van der Waals surface area contributed by atoms with Gasteiger partial charge in [-0.1, -0.05) is 152 Å². The summed E-state index contributed by atoms with van der Waals surface area (Å²) in [5, 5.41) is 0. The first-order valence-electron chi connectivity index (χ1n) is 17.2. The van der Waals surface area contributed by atoms with Crippen molar-refractivity contribution in [2.24, 2.45) is 5.73 Å². The van der Waals surface area contributed by atoms with Crippen molar-refractivity contribution in [3.05, 3.63) is 48.6 Å². The van der Waals surface area contributed by atoms with Gasteiger partial charge in [0.15, 0.2) is 0 Å². The Kier molecular flexibility index (Phi) is 38.5. The van der Waals surface area contributed by atoms with E-state index >= 15 is 0 Å². The second-order valence-electron chi connectivity index (χ2n) is 11.5. The second kappa shape index (κ2) is 37.2. The molecular weight excluding hydrogens is 494 g/mol. The van der Waals surface area contributed by atoms with E-state index in [1.165, 1.54) is 154 Å². The fourth-order valence-corrected chi connectivity index (χ4v) is 4.93. The summed E-state index contributed by atoms with van der Waals surface area (Å²) in [5.41, 5.74) is 6.37. The molecule has 0 rings (SSSR count). The van der Waals surface area contributed by atoms with Crippen molar-refractivity contribution in [3.63, 3.8) is 0 Å². The molecule has 1 nitrogen and oxygen atoms in total. The molecule has 230 valence electrons. The van der Waals surface area contributed by atoms with Crippen LogP contribution in [0.4, 0.5) is 0 Å². The summed E-state index contributed by atoms with van der Waals surface area (Å²) in [6, 6.07) is 0.437. The highest BCUT2D eigenvalue weighted by atomic mass is 35.5. The summed E-state index contributed by atoms with van der Waals surface area (Å²) in [5.74, 6) is 0. The van der Waals surface area contributed by atoms with Gasteiger partial charge in [0.1, 0.15) is 0 Å². The van der Waals surface area contributed by atoms with Gasteiger partial charge >= 0.3 is 0 Å². The third kappa shape index (κ3) is 37.2. The van der Waals surface area contributed by atoms with E-state index in [0.29, 0.717) is 6.04 Å². The maximum Gasteiger partial charge on any atom is 0.00388 e. The Bertz CT molecular complexity index is 500. The highest BCUT2D eigenvalue weighted by Crippen LogP contribution is 2.14. The normalized spacial score (nSPS) is 12.2. The molecule has 0 amide bonds. The lowest BCUT2D eigenvalue weighted by Crippen LogP contribution is -2.19. The molecule has 0 aromatic heterocycles. The quantitative estimate of drug-likeness (QED) is 0.0682. The Morgan fingerprint density at radius 2 is 0.667 bits per heavy atom. The van der Waals surface area contributed by atoms with Gasteiger partial charge in [-0.05, 0) is 77.0 Å². The molecule has 0 aliphatic heterocycles. The van der Waals surface area contributed by atoms with Crippen LogP contribution in [0.2, 0.25) is 0 Å². The average Bonchev–Trinajstić information content (AvgIpc) is 2.92. The van der Waals surface area contributed by atoms with Crippen LogP contribution in [0.15, 0.2) is 48.6 Å². The van der Waals surface area contributed by atoms with Gasteiger partial charge in [-0.2, -0.15) is 0 Å². The number of rotatable bonds is 30. The Morgan fingerprint density at radius 3 is 1.00 bits per heavy atom. The highest BCUT2D eigenvalue weighted by molar-refractivity contribution is 5.85. The summed E-state index contributed by atoms with van der Waals surface area (Å²) < 4.78 is 0. The van der Waals surface area contributed by atoms with Gasteiger partial charge in [-0.3, -0.25) is 0 Å². The van der Waals surface area contributed by atoms with Crippen molar-refractivity contribution in [1.29, 1.82) is 0 Å². The number of nitrogens with two attached hydrogens (primary N) is 1. The fourth-order valence-electron chi connectivity index (χ4n) is 4.93. The topological polar surface area (TPSA) is 26.0 Å². The first-order valence-corrected chi connectivity index (χ1v) is 17.2. The molecule has 0 heterocycles. The largest absolute Gasteiger partial charge is 0.328 e. The summed E-state index contributed by atoms with van der Waals surface area (Å²) in [7, 11) is 0. The van der Waals surface area contributed by atoms with Crippen molar-refractivity contribution >= 4 is 12.4 Å². The minimum atomic E-state index is 0. The van der Waals surface area contributed by atoms with Gasteiger partial charge in [0, 0.05) is 6.04 Å². The van der Waals surface area contributed by atoms with E-state index in [1.54, 1.807) is 0 Å².